The maximum absolute atomic E-state index is 14.4. The van der Waals surface area contributed by atoms with Crippen LogP contribution in [0.1, 0.15) is 27.1 Å². The summed E-state index contributed by atoms with van der Waals surface area (Å²) in [6.45, 7) is 3.46. The predicted molar refractivity (Wildman–Crippen MR) is 191 cm³/mol. The van der Waals surface area contributed by atoms with E-state index in [4.69, 9.17) is 0 Å². The molecule has 1 fully saturated rings. The van der Waals surface area contributed by atoms with E-state index < -0.39 is 23.7 Å². The molecule has 3 aromatic carbocycles. The van der Waals surface area contributed by atoms with Crippen molar-refractivity contribution in [3.63, 3.8) is 0 Å². The van der Waals surface area contributed by atoms with E-state index in [2.05, 4.69) is 22.0 Å². The van der Waals surface area contributed by atoms with Crippen LogP contribution >= 0.6 is 11.3 Å². The summed E-state index contributed by atoms with van der Waals surface area (Å²) in [4.78, 5) is 39.7. The van der Waals surface area contributed by atoms with E-state index in [-0.39, 0.29) is 12.5 Å². The third kappa shape index (κ3) is 9.13. The van der Waals surface area contributed by atoms with Crippen LogP contribution in [0.15, 0.2) is 127 Å². The average molecular weight is 695 g/mol. The summed E-state index contributed by atoms with van der Waals surface area (Å²) in [6.07, 6.45) is 0.455. The molecular weight excluding hydrogens is 658 g/mol. The molecule has 0 spiro atoms. The minimum atomic E-state index is -4.45. The number of aromatic nitrogens is 1. The first-order valence-electron chi connectivity index (χ1n) is 16.5. The van der Waals surface area contributed by atoms with E-state index in [1.165, 1.54) is 41.2 Å². The number of alkyl halides is 3. The molecule has 6 rings (SSSR count). The Hall–Kier alpha value is -5.06. The van der Waals surface area contributed by atoms with Gasteiger partial charge in [0.15, 0.2) is 0 Å². The SMILES string of the molecule is O=C([C@H](Cc1cccs1)N(Cc1ccc(-c2ccccn2)cc1)C(=O)/C=C/c1ccc(C(F)(F)F)cc1)N1CCN(Cc2ccccc2)CC1. The Morgan fingerprint density at radius 3 is 2.18 bits per heavy atom. The van der Waals surface area contributed by atoms with E-state index in [1.807, 2.05) is 83.1 Å². The predicted octanol–water partition coefficient (Wildman–Crippen LogP) is 7.83. The van der Waals surface area contributed by atoms with Gasteiger partial charge >= 0.3 is 6.18 Å². The zero-order valence-corrected chi connectivity index (χ0v) is 28.2. The molecule has 6 nitrogen and oxygen atoms in total. The Balaban J connectivity index is 1.26. The normalized spacial score (nSPS) is 14.5. The second-order valence-corrected chi connectivity index (χ2v) is 13.2. The zero-order valence-electron chi connectivity index (χ0n) is 27.4. The number of benzene rings is 3. The zero-order chi connectivity index (χ0) is 34.9. The first kappa shape index (κ1) is 34.8. The molecule has 0 N–H and O–H groups in total. The number of carbonyl (C=O) groups excluding carboxylic acids is 2. The van der Waals surface area contributed by atoms with Crippen molar-refractivity contribution in [1.82, 2.24) is 19.7 Å². The van der Waals surface area contributed by atoms with Gasteiger partial charge in [-0.05, 0) is 58.5 Å². The standard InChI is InChI=1S/C40H37F3N4O2S/c41-40(42,43)34-18-13-30(14-19-34)15-20-38(48)47(29-32-11-16-33(17-12-32)36-10-4-5-21-44-36)37(27-35-9-6-26-50-35)39(49)46-24-22-45(23-25-46)28-31-7-2-1-3-8-31/h1-21,26,37H,22-25,27-29H2/b20-15+/t37-/m0/s1. The van der Waals surface area contributed by atoms with Gasteiger partial charge in [0.05, 0.1) is 11.3 Å². The summed E-state index contributed by atoms with van der Waals surface area (Å²) >= 11 is 1.53. The van der Waals surface area contributed by atoms with Crippen LogP contribution < -0.4 is 0 Å². The van der Waals surface area contributed by atoms with Crippen molar-refractivity contribution in [3.8, 4) is 11.3 Å². The first-order chi connectivity index (χ1) is 24.2. The molecule has 1 aliphatic rings. The van der Waals surface area contributed by atoms with Gasteiger partial charge in [0, 0.05) is 68.4 Å². The third-order valence-electron chi connectivity index (χ3n) is 8.78. The second kappa shape index (κ2) is 16.1. The van der Waals surface area contributed by atoms with Crippen LogP contribution in [-0.2, 0) is 35.3 Å². The Bertz CT molecular complexity index is 1860. The van der Waals surface area contributed by atoms with Gasteiger partial charge in [-0.1, -0.05) is 78.9 Å². The van der Waals surface area contributed by atoms with Gasteiger partial charge in [0.25, 0.3) is 0 Å². The third-order valence-corrected chi connectivity index (χ3v) is 9.67. The van der Waals surface area contributed by atoms with Gasteiger partial charge in [-0.3, -0.25) is 19.5 Å². The molecule has 1 atom stereocenters. The van der Waals surface area contributed by atoms with E-state index in [0.29, 0.717) is 38.2 Å². The molecule has 0 saturated carbocycles. The summed E-state index contributed by atoms with van der Waals surface area (Å²) in [7, 11) is 0. The van der Waals surface area contributed by atoms with Crippen LogP contribution in [0, 0.1) is 0 Å². The molecule has 0 radical (unpaired) electrons. The lowest BCUT2D eigenvalue weighted by atomic mass is 10.0. The molecule has 1 saturated heterocycles. The highest BCUT2D eigenvalue weighted by molar-refractivity contribution is 7.09. The first-order valence-corrected chi connectivity index (χ1v) is 17.3. The van der Waals surface area contributed by atoms with Crippen LogP contribution in [-0.4, -0.2) is 63.7 Å². The molecule has 10 heteroatoms. The fourth-order valence-electron chi connectivity index (χ4n) is 6.03. The summed E-state index contributed by atoms with van der Waals surface area (Å²) in [6, 6.07) is 31.4. The van der Waals surface area contributed by atoms with Crippen LogP contribution in [0.3, 0.4) is 0 Å². The van der Waals surface area contributed by atoms with Crippen molar-refractivity contribution in [2.45, 2.75) is 31.7 Å². The number of piperazine rings is 1. The van der Waals surface area contributed by atoms with Gasteiger partial charge < -0.3 is 9.80 Å². The second-order valence-electron chi connectivity index (χ2n) is 12.2. The Kier molecular flexibility index (Phi) is 11.2. The highest BCUT2D eigenvalue weighted by Crippen LogP contribution is 2.29. The summed E-state index contributed by atoms with van der Waals surface area (Å²) in [5.41, 5.74) is 3.48. The van der Waals surface area contributed by atoms with Crippen molar-refractivity contribution >= 4 is 29.2 Å². The number of pyridine rings is 1. The van der Waals surface area contributed by atoms with Crippen molar-refractivity contribution in [1.29, 1.82) is 0 Å². The van der Waals surface area contributed by atoms with Gasteiger partial charge in [0.1, 0.15) is 6.04 Å². The molecule has 0 bridgehead atoms. The number of thiophene rings is 1. The van der Waals surface area contributed by atoms with E-state index in [9.17, 15) is 22.8 Å². The number of rotatable bonds is 11. The number of hydrogen-bond donors (Lipinski definition) is 0. The minimum absolute atomic E-state index is 0.126. The quantitative estimate of drug-likeness (QED) is 0.132. The number of nitrogens with zero attached hydrogens (tertiary/aromatic N) is 4. The fourth-order valence-corrected chi connectivity index (χ4v) is 6.77. The molecule has 0 aliphatic carbocycles. The highest BCUT2D eigenvalue weighted by atomic mass is 32.1. The molecule has 0 unspecified atom stereocenters. The number of halogens is 3. The van der Waals surface area contributed by atoms with Gasteiger partial charge in [-0.25, -0.2) is 0 Å². The minimum Gasteiger partial charge on any atom is -0.338 e. The van der Waals surface area contributed by atoms with Crippen molar-refractivity contribution < 1.29 is 22.8 Å². The monoisotopic (exact) mass is 694 g/mol. The van der Waals surface area contributed by atoms with Gasteiger partial charge in [-0.15, -0.1) is 11.3 Å². The van der Waals surface area contributed by atoms with Crippen LogP contribution in [0.2, 0.25) is 0 Å². The van der Waals surface area contributed by atoms with E-state index in [1.54, 1.807) is 11.1 Å². The lowest BCUT2D eigenvalue weighted by Gasteiger charge is -2.39. The average Bonchev–Trinajstić information content (AvgIpc) is 3.66. The van der Waals surface area contributed by atoms with Crippen molar-refractivity contribution in [2.75, 3.05) is 26.2 Å². The summed E-state index contributed by atoms with van der Waals surface area (Å²) in [5.74, 6) is -0.532. The number of hydrogen-bond acceptors (Lipinski definition) is 5. The molecule has 50 heavy (non-hydrogen) atoms. The van der Waals surface area contributed by atoms with Crippen LogP contribution in [0.4, 0.5) is 13.2 Å². The maximum atomic E-state index is 14.4. The Labute approximate surface area is 294 Å². The topological polar surface area (TPSA) is 56.8 Å². The van der Waals surface area contributed by atoms with Crippen LogP contribution in [0.5, 0.6) is 0 Å². The molecule has 3 heterocycles. The molecule has 5 aromatic rings. The van der Waals surface area contributed by atoms with Gasteiger partial charge in [-0.2, -0.15) is 13.2 Å². The number of carbonyl (C=O) groups is 2. The molecule has 256 valence electrons. The van der Waals surface area contributed by atoms with E-state index in [0.717, 1.165) is 40.4 Å². The summed E-state index contributed by atoms with van der Waals surface area (Å²) in [5, 5.41) is 1.95. The van der Waals surface area contributed by atoms with Crippen molar-refractivity contribution in [2.24, 2.45) is 0 Å². The number of amides is 2. The van der Waals surface area contributed by atoms with Crippen molar-refractivity contribution in [3.05, 3.63) is 154 Å². The Morgan fingerprint density at radius 2 is 1.54 bits per heavy atom. The van der Waals surface area contributed by atoms with E-state index >= 15 is 0 Å². The molecule has 2 aromatic heterocycles. The molecule has 1 aliphatic heterocycles. The van der Waals surface area contributed by atoms with Crippen LogP contribution in [0.25, 0.3) is 17.3 Å². The smallest absolute Gasteiger partial charge is 0.338 e. The summed E-state index contributed by atoms with van der Waals surface area (Å²) < 4.78 is 39.4. The highest BCUT2D eigenvalue weighted by Gasteiger charge is 2.34. The largest absolute Gasteiger partial charge is 0.416 e. The lowest BCUT2D eigenvalue weighted by Crippen LogP contribution is -2.56. The van der Waals surface area contributed by atoms with Gasteiger partial charge in [0.2, 0.25) is 11.8 Å². The lowest BCUT2D eigenvalue weighted by molar-refractivity contribution is -0.145. The Morgan fingerprint density at radius 1 is 0.820 bits per heavy atom. The maximum Gasteiger partial charge on any atom is 0.416 e. The fraction of sp³-hybridized carbons (Fsp3) is 0.225. The molecular formula is C40H37F3N4O2S. The molecule has 2 amide bonds.